The molecular weight excluding hydrogens is 402 g/mol. The molecule has 1 fully saturated rings. The second-order valence-corrected chi connectivity index (χ2v) is 9.12. The van der Waals surface area contributed by atoms with Gasteiger partial charge in [-0.05, 0) is 42.0 Å². The Bertz CT molecular complexity index is 975. The van der Waals surface area contributed by atoms with Gasteiger partial charge in [-0.2, -0.15) is 0 Å². The number of piperidine rings is 1. The van der Waals surface area contributed by atoms with Crippen molar-refractivity contribution in [1.82, 2.24) is 10.6 Å². The molecule has 0 radical (unpaired) electrons. The highest BCUT2D eigenvalue weighted by Gasteiger charge is 2.31. The zero-order valence-electron chi connectivity index (χ0n) is 15.1. The highest BCUT2D eigenvalue weighted by Crippen LogP contribution is 2.27. The van der Waals surface area contributed by atoms with Gasteiger partial charge in [-0.1, -0.05) is 23.7 Å². The van der Waals surface area contributed by atoms with Gasteiger partial charge in [0.15, 0.2) is 9.84 Å². The predicted molar refractivity (Wildman–Crippen MR) is 107 cm³/mol. The molecule has 0 spiro atoms. The summed E-state index contributed by atoms with van der Waals surface area (Å²) in [6.45, 7) is 0.283. The van der Waals surface area contributed by atoms with Crippen molar-refractivity contribution >= 4 is 39.1 Å². The maximum atomic E-state index is 12.4. The van der Waals surface area contributed by atoms with Crippen LogP contribution in [0.1, 0.15) is 17.9 Å². The molecule has 2 atom stereocenters. The standard InChI is InChI=1S/C19H20ClN3O4S/c1-28(26,27)15-8-2-12(3-9-15)16-10-18(24)21-11-17(16)23-19(25)22-14-6-4-13(20)5-7-14/h2-9,16-17H,10-11H2,1H3,(H,21,24)(H2,22,23,25)/t16-,17+/m0/s1. The van der Waals surface area contributed by atoms with Gasteiger partial charge in [-0.25, -0.2) is 13.2 Å². The van der Waals surface area contributed by atoms with Crippen LogP contribution in [0.15, 0.2) is 53.4 Å². The molecule has 1 heterocycles. The van der Waals surface area contributed by atoms with Crippen molar-refractivity contribution in [3.63, 3.8) is 0 Å². The number of nitrogens with one attached hydrogen (secondary N) is 3. The third-order valence-electron chi connectivity index (χ3n) is 4.57. The maximum absolute atomic E-state index is 12.4. The van der Waals surface area contributed by atoms with Crippen LogP contribution in [0.3, 0.4) is 0 Å². The number of anilines is 1. The number of carbonyl (C=O) groups excluding carboxylic acids is 2. The number of sulfone groups is 1. The van der Waals surface area contributed by atoms with E-state index in [0.717, 1.165) is 11.8 Å². The van der Waals surface area contributed by atoms with Gasteiger partial charge in [0.2, 0.25) is 5.91 Å². The molecule has 28 heavy (non-hydrogen) atoms. The van der Waals surface area contributed by atoms with E-state index in [1.807, 2.05) is 0 Å². The lowest BCUT2D eigenvalue weighted by molar-refractivity contribution is -0.123. The molecule has 148 valence electrons. The van der Waals surface area contributed by atoms with E-state index in [2.05, 4.69) is 16.0 Å². The SMILES string of the molecule is CS(=O)(=O)c1ccc([C@@H]2CC(=O)NC[C@H]2NC(=O)Nc2ccc(Cl)cc2)cc1. The van der Waals surface area contributed by atoms with Gasteiger partial charge in [0, 0.05) is 35.8 Å². The monoisotopic (exact) mass is 421 g/mol. The molecule has 1 aliphatic rings. The molecule has 9 heteroatoms. The van der Waals surface area contributed by atoms with Crippen molar-refractivity contribution in [3.05, 3.63) is 59.1 Å². The summed E-state index contributed by atoms with van der Waals surface area (Å²) in [6, 6.07) is 12.4. The van der Waals surface area contributed by atoms with E-state index in [-0.39, 0.29) is 35.7 Å². The molecule has 0 aliphatic carbocycles. The Balaban J connectivity index is 1.73. The summed E-state index contributed by atoms with van der Waals surface area (Å²) in [7, 11) is -3.30. The molecule has 0 saturated carbocycles. The van der Waals surface area contributed by atoms with Crippen LogP contribution in [0.4, 0.5) is 10.5 Å². The van der Waals surface area contributed by atoms with Crippen molar-refractivity contribution < 1.29 is 18.0 Å². The number of urea groups is 1. The fourth-order valence-corrected chi connectivity index (χ4v) is 3.87. The second kappa shape index (κ2) is 8.20. The smallest absolute Gasteiger partial charge is 0.319 e. The van der Waals surface area contributed by atoms with Crippen LogP contribution in [0, 0.1) is 0 Å². The Morgan fingerprint density at radius 3 is 2.36 bits per heavy atom. The molecule has 3 rings (SSSR count). The highest BCUT2D eigenvalue weighted by atomic mass is 35.5. The molecule has 2 aromatic carbocycles. The first-order valence-corrected chi connectivity index (χ1v) is 10.9. The molecule has 1 aliphatic heterocycles. The highest BCUT2D eigenvalue weighted by molar-refractivity contribution is 7.90. The van der Waals surface area contributed by atoms with E-state index in [0.29, 0.717) is 10.7 Å². The van der Waals surface area contributed by atoms with Crippen molar-refractivity contribution in [2.75, 3.05) is 18.1 Å². The van der Waals surface area contributed by atoms with Crippen LogP contribution < -0.4 is 16.0 Å². The first-order valence-electron chi connectivity index (χ1n) is 8.62. The Kier molecular flexibility index (Phi) is 5.90. The molecular formula is C19H20ClN3O4S. The Morgan fingerprint density at radius 2 is 1.75 bits per heavy atom. The molecule has 1 saturated heterocycles. The van der Waals surface area contributed by atoms with E-state index in [9.17, 15) is 18.0 Å². The number of halogens is 1. The van der Waals surface area contributed by atoms with Gasteiger partial charge in [0.05, 0.1) is 10.9 Å². The fraction of sp³-hybridized carbons (Fsp3) is 0.263. The minimum Gasteiger partial charge on any atom is -0.354 e. The number of hydrogen-bond acceptors (Lipinski definition) is 4. The molecule has 3 amide bonds. The first-order chi connectivity index (χ1) is 13.2. The van der Waals surface area contributed by atoms with Crippen molar-refractivity contribution in [2.24, 2.45) is 0 Å². The third kappa shape index (κ3) is 5.02. The van der Waals surface area contributed by atoms with Crippen LogP contribution in [-0.4, -0.2) is 39.2 Å². The Hall–Kier alpha value is -2.58. The van der Waals surface area contributed by atoms with Crippen LogP contribution in [-0.2, 0) is 14.6 Å². The molecule has 0 bridgehead atoms. The number of rotatable bonds is 4. The van der Waals surface area contributed by atoms with Gasteiger partial charge in [0.1, 0.15) is 0 Å². The van der Waals surface area contributed by atoms with E-state index in [4.69, 9.17) is 11.6 Å². The Labute approximate surface area is 168 Å². The summed E-state index contributed by atoms with van der Waals surface area (Å²) >= 11 is 5.84. The van der Waals surface area contributed by atoms with Gasteiger partial charge in [-0.3, -0.25) is 4.79 Å². The normalized spacial score (nSPS) is 19.6. The molecule has 3 N–H and O–H groups in total. The summed E-state index contributed by atoms with van der Waals surface area (Å²) in [5, 5.41) is 8.93. The minimum absolute atomic E-state index is 0.117. The largest absolute Gasteiger partial charge is 0.354 e. The Morgan fingerprint density at radius 1 is 1.11 bits per heavy atom. The topological polar surface area (TPSA) is 104 Å². The van der Waals surface area contributed by atoms with Crippen LogP contribution in [0.2, 0.25) is 5.02 Å². The van der Waals surface area contributed by atoms with Crippen molar-refractivity contribution in [3.8, 4) is 0 Å². The summed E-state index contributed by atoms with van der Waals surface area (Å²) < 4.78 is 23.3. The van der Waals surface area contributed by atoms with Gasteiger partial charge in [-0.15, -0.1) is 0 Å². The summed E-state index contributed by atoms with van der Waals surface area (Å²) in [5.41, 5.74) is 1.38. The van der Waals surface area contributed by atoms with Gasteiger partial charge < -0.3 is 16.0 Å². The van der Waals surface area contributed by atoms with Crippen molar-refractivity contribution in [1.29, 1.82) is 0 Å². The fourth-order valence-electron chi connectivity index (χ4n) is 3.11. The lowest BCUT2D eigenvalue weighted by atomic mass is 9.86. The van der Waals surface area contributed by atoms with E-state index in [1.54, 1.807) is 36.4 Å². The van der Waals surface area contributed by atoms with E-state index < -0.39 is 15.9 Å². The zero-order valence-corrected chi connectivity index (χ0v) is 16.7. The molecule has 2 aromatic rings. The summed E-state index contributed by atoms with van der Waals surface area (Å²) in [5.74, 6) is -0.383. The zero-order chi connectivity index (χ0) is 20.3. The number of carbonyl (C=O) groups is 2. The number of hydrogen-bond donors (Lipinski definition) is 3. The predicted octanol–water partition coefficient (Wildman–Crippen LogP) is 2.54. The lowest BCUT2D eigenvalue weighted by Crippen LogP contribution is -2.52. The van der Waals surface area contributed by atoms with E-state index >= 15 is 0 Å². The maximum Gasteiger partial charge on any atom is 0.319 e. The van der Waals surface area contributed by atoms with Gasteiger partial charge >= 0.3 is 6.03 Å². The lowest BCUT2D eigenvalue weighted by Gasteiger charge is -2.32. The molecule has 0 unspecified atom stereocenters. The number of benzene rings is 2. The van der Waals surface area contributed by atoms with Crippen LogP contribution in [0.25, 0.3) is 0 Å². The summed E-state index contributed by atoms with van der Waals surface area (Å²) in [4.78, 5) is 24.5. The molecule has 7 nitrogen and oxygen atoms in total. The van der Waals surface area contributed by atoms with Crippen LogP contribution in [0.5, 0.6) is 0 Å². The minimum atomic E-state index is -3.30. The number of amides is 3. The molecule has 0 aromatic heterocycles. The average Bonchev–Trinajstić information content (AvgIpc) is 2.64. The quantitative estimate of drug-likeness (QED) is 0.705. The van der Waals surface area contributed by atoms with Gasteiger partial charge in [0.25, 0.3) is 0 Å². The van der Waals surface area contributed by atoms with Crippen molar-refractivity contribution in [2.45, 2.75) is 23.3 Å². The van der Waals surface area contributed by atoms with Crippen LogP contribution >= 0.6 is 11.6 Å². The summed E-state index contributed by atoms with van der Waals surface area (Å²) in [6.07, 6.45) is 1.34. The third-order valence-corrected chi connectivity index (χ3v) is 5.95. The average molecular weight is 422 g/mol. The van der Waals surface area contributed by atoms with E-state index in [1.165, 1.54) is 12.1 Å². The first kappa shape index (κ1) is 20.2. The second-order valence-electron chi connectivity index (χ2n) is 6.67.